The Bertz CT molecular complexity index is 1160. The molecule has 7 nitrogen and oxygen atoms in total. The van der Waals surface area contributed by atoms with Gasteiger partial charge in [0.25, 0.3) is 5.91 Å². The van der Waals surface area contributed by atoms with Crippen LogP contribution < -0.4 is 5.32 Å². The van der Waals surface area contributed by atoms with Gasteiger partial charge in [0.05, 0.1) is 17.9 Å². The van der Waals surface area contributed by atoms with Crippen molar-refractivity contribution in [3.05, 3.63) is 70.4 Å². The Morgan fingerprint density at radius 2 is 1.93 bits per heavy atom. The van der Waals surface area contributed by atoms with Crippen LogP contribution in [0.4, 0.5) is 4.79 Å². The minimum atomic E-state index is -1.13. The molecule has 2 aliphatic rings. The lowest BCUT2D eigenvalue weighted by molar-refractivity contribution is -0.131. The number of urea groups is 1. The number of nitrogens with zero attached hydrogens (tertiary/aromatic N) is 3. The minimum Gasteiger partial charge on any atom is -0.466 e. The zero-order chi connectivity index (χ0) is 21.0. The molecule has 1 fully saturated rings. The lowest BCUT2D eigenvalue weighted by atomic mass is 9.92. The van der Waals surface area contributed by atoms with E-state index in [0.717, 1.165) is 36.2 Å². The number of benzene rings is 1. The summed E-state index contributed by atoms with van der Waals surface area (Å²) in [5.41, 5.74) is 3.67. The first-order valence-corrected chi connectivity index (χ1v) is 10.2. The number of hydrogen-bond acceptors (Lipinski definition) is 4. The monoisotopic (exact) mass is 404 g/mol. The first kappa shape index (κ1) is 18.7. The van der Waals surface area contributed by atoms with Crippen LogP contribution in [0.5, 0.6) is 0 Å². The Kier molecular flexibility index (Phi) is 4.10. The maximum absolute atomic E-state index is 13.3. The highest BCUT2D eigenvalue weighted by Gasteiger charge is 2.51. The fraction of sp³-hybridized carbons (Fsp3) is 0.348. The Morgan fingerprint density at radius 1 is 1.17 bits per heavy atom. The van der Waals surface area contributed by atoms with Gasteiger partial charge in [-0.3, -0.25) is 9.69 Å². The first-order chi connectivity index (χ1) is 14.4. The van der Waals surface area contributed by atoms with E-state index in [-0.39, 0.29) is 12.5 Å². The summed E-state index contributed by atoms with van der Waals surface area (Å²) < 4.78 is 7.56. The number of furan rings is 1. The maximum atomic E-state index is 13.3. The van der Waals surface area contributed by atoms with E-state index in [1.807, 2.05) is 54.9 Å². The Hall–Kier alpha value is -3.35. The fourth-order valence-electron chi connectivity index (χ4n) is 4.72. The number of amides is 3. The van der Waals surface area contributed by atoms with Gasteiger partial charge in [0, 0.05) is 11.3 Å². The molecule has 154 valence electrons. The number of nitrogens with one attached hydrogen (secondary N) is 1. The number of rotatable bonds is 4. The summed E-state index contributed by atoms with van der Waals surface area (Å²) in [6.07, 6.45) is 2.92. The number of aromatic nitrogens is 2. The third-order valence-corrected chi connectivity index (χ3v) is 6.18. The van der Waals surface area contributed by atoms with Crippen LogP contribution in [-0.2, 0) is 29.7 Å². The van der Waals surface area contributed by atoms with Gasteiger partial charge < -0.3 is 9.73 Å². The van der Waals surface area contributed by atoms with E-state index in [9.17, 15) is 9.59 Å². The molecule has 1 saturated heterocycles. The second-order valence-electron chi connectivity index (χ2n) is 8.25. The average molecular weight is 404 g/mol. The summed E-state index contributed by atoms with van der Waals surface area (Å²) >= 11 is 0. The highest BCUT2D eigenvalue weighted by Crippen LogP contribution is 2.35. The first-order valence-electron chi connectivity index (χ1n) is 10.2. The topological polar surface area (TPSA) is 80.4 Å². The molecule has 0 spiro atoms. The molecule has 1 unspecified atom stereocenters. The molecule has 3 aromatic rings. The van der Waals surface area contributed by atoms with Crippen molar-refractivity contribution < 1.29 is 14.0 Å². The normalized spacial score (nSPS) is 20.7. The van der Waals surface area contributed by atoms with Gasteiger partial charge in [0.15, 0.2) is 0 Å². The zero-order valence-corrected chi connectivity index (χ0v) is 17.4. The van der Waals surface area contributed by atoms with Gasteiger partial charge >= 0.3 is 6.03 Å². The zero-order valence-electron chi connectivity index (χ0n) is 17.4. The molecular weight excluding hydrogens is 380 g/mol. The SMILES string of the molecule is Cc1cc(C2(C)NC(=O)N(Cc3nn(-c4ccccc4)c4c3CCC4)C2=O)c(C)o1. The standard InChI is InChI=1S/C23H24N4O3/c1-14-12-18(15(2)30-14)23(3)21(28)26(22(29)24-23)13-19-17-10-7-11-20(17)27(25-19)16-8-5-4-6-9-16/h4-6,8-9,12H,7,10-11,13H2,1-3H3,(H,24,29). The largest absolute Gasteiger partial charge is 0.466 e. The summed E-state index contributed by atoms with van der Waals surface area (Å²) in [5.74, 6) is 1.07. The van der Waals surface area contributed by atoms with Gasteiger partial charge in [-0.15, -0.1) is 0 Å². The van der Waals surface area contributed by atoms with Crippen LogP contribution in [-0.4, -0.2) is 26.6 Å². The van der Waals surface area contributed by atoms with E-state index >= 15 is 0 Å². The van der Waals surface area contributed by atoms with E-state index in [2.05, 4.69) is 5.32 Å². The number of aryl methyl sites for hydroxylation is 2. The molecule has 1 atom stereocenters. The summed E-state index contributed by atoms with van der Waals surface area (Å²) in [7, 11) is 0. The van der Waals surface area contributed by atoms with E-state index in [0.29, 0.717) is 17.1 Å². The Labute approximate surface area is 174 Å². The molecule has 3 amide bonds. The molecular formula is C23H24N4O3. The smallest absolute Gasteiger partial charge is 0.325 e. The summed E-state index contributed by atoms with van der Waals surface area (Å²) in [6, 6.07) is 11.4. The third-order valence-electron chi connectivity index (χ3n) is 6.18. The van der Waals surface area contributed by atoms with Gasteiger partial charge in [-0.05, 0) is 63.8 Å². The van der Waals surface area contributed by atoms with Crippen molar-refractivity contribution in [2.45, 2.75) is 52.1 Å². The molecule has 1 N–H and O–H groups in total. The van der Waals surface area contributed by atoms with Crippen molar-refractivity contribution in [2.24, 2.45) is 0 Å². The fourth-order valence-corrected chi connectivity index (χ4v) is 4.72. The van der Waals surface area contributed by atoms with Crippen LogP contribution >= 0.6 is 0 Å². The third kappa shape index (κ3) is 2.69. The van der Waals surface area contributed by atoms with Gasteiger partial charge in [0.2, 0.25) is 0 Å². The number of carbonyl (C=O) groups is 2. The number of fused-ring (bicyclic) bond motifs is 1. The quantitative estimate of drug-likeness (QED) is 0.675. The van der Waals surface area contributed by atoms with E-state index < -0.39 is 11.6 Å². The van der Waals surface area contributed by atoms with E-state index in [1.54, 1.807) is 6.92 Å². The van der Waals surface area contributed by atoms with Crippen LogP contribution in [0.15, 0.2) is 40.8 Å². The van der Waals surface area contributed by atoms with Gasteiger partial charge in [-0.2, -0.15) is 5.10 Å². The molecule has 1 aromatic carbocycles. The summed E-state index contributed by atoms with van der Waals surface area (Å²) in [4.78, 5) is 27.4. The summed E-state index contributed by atoms with van der Waals surface area (Å²) in [6.45, 7) is 5.54. The highest BCUT2D eigenvalue weighted by molar-refractivity contribution is 6.07. The van der Waals surface area contributed by atoms with Gasteiger partial charge in [-0.1, -0.05) is 18.2 Å². The molecule has 5 rings (SSSR count). The van der Waals surface area contributed by atoms with Gasteiger partial charge in [-0.25, -0.2) is 9.48 Å². The number of para-hydroxylation sites is 1. The van der Waals surface area contributed by atoms with Crippen molar-refractivity contribution in [3.8, 4) is 5.69 Å². The molecule has 3 heterocycles. The molecule has 30 heavy (non-hydrogen) atoms. The van der Waals surface area contributed by atoms with Crippen LogP contribution in [0.2, 0.25) is 0 Å². The molecule has 0 bridgehead atoms. The number of carbonyl (C=O) groups excluding carboxylic acids is 2. The molecule has 0 saturated carbocycles. The summed E-state index contributed by atoms with van der Waals surface area (Å²) in [5, 5.41) is 7.67. The highest BCUT2D eigenvalue weighted by atomic mass is 16.3. The molecule has 1 aliphatic carbocycles. The average Bonchev–Trinajstić information content (AvgIpc) is 3.45. The molecule has 2 aromatic heterocycles. The lowest BCUT2D eigenvalue weighted by Gasteiger charge is -2.21. The molecule has 1 aliphatic heterocycles. The Balaban J connectivity index is 1.49. The molecule has 7 heteroatoms. The predicted molar refractivity (Wildman–Crippen MR) is 110 cm³/mol. The lowest BCUT2D eigenvalue weighted by Crippen LogP contribution is -2.41. The van der Waals surface area contributed by atoms with E-state index in [1.165, 1.54) is 10.6 Å². The number of imide groups is 1. The Morgan fingerprint density at radius 3 is 2.63 bits per heavy atom. The van der Waals surface area contributed by atoms with Crippen LogP contribution in [0.25, 0.3) is 5.69 Å². The van der Waals surface area contributed by atoms with Crippen molar-refractivity contribution in [1.29, 1.82) is 0 Å². The van der Waals surface area contributed by atoms with Crippen LogP contribution in [0.3, 0.4) is 0 Å². The maximum Gasteiger partial charge on any atom is 0.325 e. The van der Waals surface area contributed by atoms with Crippen LogP contribution in [0, 0.1) is 13.8 Å². The minimum absolute atomic E-state index is 0.165. The predicted octanol–water partition coefficient (Wildman–Crippen LogP) is 3.54. The van der Waals surface area contributed by atoms with Crippen molar-refractivity contribution >= 4 is 11.9 Å². The second-order valence-corrected chi connectivity index (χ2v) is 8.25. The van der Waals surface area contributed by atoms with Crippen LogP contribution in [0.1, 0.15) is 47.4 Å². The van der Waals surface area contributed by atoms with Crippen molar-refractivity contribution in [3.63, 3.8) is 0 Å². The van der Waals surface area contributed by atoms with Crippen molar-refractivity contribution in [2.75, 3.05) is 0 Å². The second kappa shape index (κ2) is 6.58. The number of hydrogen-bond donors (Lipinski definition) is 1. The van der Waals surface area contributed by atoms with Gasteiger partial charge in [0.1, 0.15) is 17.1 Å². The van der Waals surface area contributed by atoms with E-state index in [4.69, 9.17) is 9.52 Å². The molecule has 0 radical (unpaired) electrons. The van der Waals surface area contributed by atoms with Crippen molar-refractivity contribution in [1.82, 2.24) is 20.0 Å².